The zero-order chi connectivity index (χ0) is 15.0. The molecule has 1 aromatic rings. The van der Waals surface area contributed by atoms with Gasteiger partial charge in [0.2, 0.25) is 11.8 Å². The Labute approximate surface area is 116 Å². The molecule has 20 heavy (non-hydrogen) atoms. The van der Waals surface area contributed by atoms with Gasteiger partial charge in [-0.1, -0.05) is 0 Å². The molecule has 1 rings (SSSR count). The van der Waals surface area contributed by atoms with Gasteiger partial charge in [0, 0.05) is 0 Å². The van der Waals surface area contributed by atoms with Gasteiger partial charge in [0.1, 0.15) is 12.7 Å². The van der Waals surface area contributed by atoms with Crippen molar-refractivity contribution in [3.05, 3.63) is 18.0 Å². The molecule has 0 aliphatic carbocycles. The highest BCUT2D eigenvalue weighted by molar-refractivity contribution is 6.04. The van der Waals surface area contributed by atoms with Crippen molar-refractivity contribution in [2.75, 3.05) is 20.8 Å². The molecule has 108 valence electrons. The lowest BCUT2D eigenvalue weighted by Gasteiger charge is -2.06. The number of methoxy groups -OCH3 is 2. The molecule has 0 atom stereocenters. The maximum absolute atomic E-state index is 11.6. The van der Waals surface area contributed by atoms with Crippen molar-refractivity contribution in [1.82, 2.24) is 9.97 Å². The fourth-order valence-corrected chi connectivity index (χ4v) is 1.42. The summed E-state index contributed by atoms with van der Waals surface area (Å²) in [4.78, 5) is 30.6. The monoisotopic (exact) mass is 280 g/mol. The molecule has 0 aromatic carbocycles. The van der Waals surface area contributed by atoms with Crippen molar-refractivity contribution >= 4 is 17.8 Å². The minimum Gasteiger partial charge on any atom is -0.480 e. The van der Waals surface area contributed by atoms with Gasteiger partial charge in [0.25, 0.3) is 0 Å². The summed E-state index contributed by atoms with van der Waals surface area (Å²) in [7, 11) is 2.89. The second kappa shape index (κ2) is 7.88. The van der Waals surface area contributed by atoms with Crippen LogP contribution in [0.1, 0.15) is 18.9 Å². The summed E-state index contributed by atoms with van der Waals surface area (Å²) < 4.78 is 14.8. The molecule has 0 amide bonds. The number of nitrogens with zero attached hydrogens (tertiary/aromatic N) is 2. The number of carbonyl (C=O) groups is 2. The van der Waals surface area contributed by atoms with E-state index in [1.54, 1.807) is 6.92 Å². The second-order valence-electron chi connectivity index (χ2n) is 3.59. The van der Waals surface area contributed by atoms with Gasteiger partial charge >= 0.3 is 5.97 Å². The fraction of sp³-hybridized carbons (Fsp3) is 0.385. The van der Waals surface area contributed by atoms with Crippen LogP contribution in [0.4, 0.5) is 0 Å². The van der Waals surface area contributed by atoms with Gasteiger partial charge in [-0.05, 0) is 19.1 Å². The number of aromatic nitrogens is 2. The zero-order valence-corrected chi connectivity index (χ0v) is 11.6. The van der Waals surface area contributed by atoms with E-state index >= 15 is 0 Å². The summed E-state index contributed by atoms with van der Waals surface area (Å²) in [6.45, 7) is 1.92. The van der Waals surface area contributed by atoms with Gasteiger partial charge in [-0.2, -0.15) is 0 Å². The molecule has 0 N–H and O–H groups in total. The van der Waals surface area contributed by atoms with E-state index < -0.39 is 11.8 Å². The number of hydrogen-bond acceptors (Lipinski definition) is 7. The summed E-state index contributed by atoms with van der Waals surface area (Å²) in [5.41, 5.74) is 0.426. The second-order valence-corrected chi connectivity index (χ2v) is 3.59. The van der Waals surface area contributed by atoms with Crippen LogP contribution in [0.15, 0.2) is 12.4 Å². The van der Waals surface area contributed by atoms with E-state index in [9.17, 15) is 9.59 Å². The number of esters is 1. The minimum atomic E-state index is -0.564. The Balaban J connectivity index is 2.84. The molecule has 0 spiro atoms. The van der Waals surface area contributed by atoms with Crippen LogP contribution < -0.4 is 9.47 Å². The summed E-state index contributed by atoms with van der Waals surface area (Å²) in [5, 5.41) is 0. The van der Waals surface area contributed by atoms with Crippen LogP contribution in [0.5, 0.6) is 11.8 Å². The van der Waals surface area contributed by atoms with Crippen LogP contribution in [0.3, 0.4) is 0 Å². The molecule has 0 radical (unpaired) electrons. The molecular formula is C13H16N2O5. The molecule has 0 aliphatic rings. The summed E-state index contributed by atoms with van der Waals surface area (Å²) in [6.07, 6.45) is 3.65. The molecule has 0 bridgehead atoms. The predicted molar refractivity (Wildman–Crippen MR) is 70.4 cm³/mol. The van der Waals surface area contributed by atoms with E-state index in [0.29, 0.717) is 5.56 Å². The first-order chi connectivity index (χ1) is 9.62. The molecule has 1 aromatic heterocycles. The SMILES string of the molecule is CCOC(=O)CC(=O)C=Cc1c(OC)ncnc1OC. The smallest absolute Gasteiger partial charge is 0.313 e. The van der Waals surface area contributed by atoms with Crippen LogP contribution in [0.25, 0.3) is 6.08 Å². The number of ketones is 1. The summed E-state index contributed by atoms with van der Waals surface area (Å²) in [5.74, 6) is -0.407. The van der Waals surface area contributed by atoms with Crippen molar-refractivity contribution in [3.8, 4) is 11.8 Å². The van der Waals surface area contributed by atoms with Crippen molar-refractivity contribution in [1.29, 1.82) is 0 Å². The number of allylic oxidation sites excluding steroid dienone is 1. The number of hydrogen-bond donors (Lipinski definition) is 0. The van der Waals surface area contributed by atoms with E-state index in [1.807, 2.05) is 0 Å². The Morgan fingerprint density at radius 3 is 2.30 bits per heavy atom. The van der Waals surface area contributed by atoms with E-state index in [0.717, 1.165) is 0 Å². The molecular weight excluding hydrogens is 264 g/mol. The van der Waals surface area contributed by atoms with Crippen molar-refractivity contribution in [2.24, 2.45) is 0 Å². The molecule has 0 fully saturated rings. The molecule has 1 heterocycles. The van der Waals surface area contributed by atoms with Gasteiger partial charge in [0.05, 0.1) is 26.4 Å². The zero-order valence-electron chi connectivity index (χ0n) is 11.6. The van der Waals surface area contributed by atoms with Crippen molar-refractivity contribution < 1.29 is 23.8 Å². The Morgan fingerprint density at radius 2 is 1.80 bits per heavy atom. The topological polar surface area (TPSA) is 87.6 Å². The molecule has 0 unspecified atom stereocenters. The number of rotatable bonds is 7. The van der Waals surface area contributed by atoms with Crippen LogP contribution >= 0.6 is 0 Å². The van der Waals surface area contributed by atoms with Crippen LogP contribution in [-0.4, -0.2) is 42.5 Å². The number of ether oxygens (including phenoxy) is 3. The van der Waals surface area contributed by atoms with E-state index in [1.165, 1.54) is 32.7 Å². The normalized spacial score (nSPS) is 10.3. The maximum Gasteiger partial charge on any atom is 0.313 e. The Bertz CT molecular complexity index is 491. The maximum atomic E-state index is 11.6. The first kappa shape index (κ1) is 15.6. The third-order valence-electron chi connectivity index (χ3n) is 2.26. The largest absolute Gasteiger partial charge is 0.480 e. The average Bonchev–Trinajstić information content (AvgIpc) is 2.44. The van der Waals surface area contributed by atoms with Crippen LogP contribution in [-0.2, 0) is 14.3 Å². The lowest BCUT2D eigenvalue weighted by Crippen LogP contribution is -2.09. The highest BCUT2D eigenvalue weighted by atomic mass is 16.5. The first-order valence-electron chi connectivity index (χ1n) is 5.91. The lowest BCUT2D eigenvalue weighted by molar-refractivity contribution is -0.144. The highest BCUT2D eigenvalue weighted by Crippen LogP contribution is 2.24. The molecule has 0 saturated heterocycles. The lowest BCUT2D eigenvalue weighted by atomic mass is 10.2. The summed E-state index contributed by atoms with van der Waals surface area (Å²) >= 11 is 0. The van der Waals surface area contributed by atoms with E-state index in [2.05, 4.69) is 14.7 Å². The van der Waals surface area contributed by atoms with E-state index in [4.69, 9.17) is 9.47 Å². The van der Waals surface area contributed by atoms with Gasteiger partial charge in [-0.3, -0.25) is 9.59 Å². The van der Waals surface area contributed by atoms with E-state index in [-0.39, 0.29) is 24.8 Å². The number of carbonyl (C=O) groups excluding carboxylic acids is 2. The predicted octanol–water partition coefficient (Wildman–Crippen LogP) is 1.03. The molecule has 7 heteroatoms. The third kappa shape index (κ3) is 4.34. The fourth-order valence-electron chi connectivity index (χ4n) is 1.42. The quantitative estimate of drug-likeness (QED) is 0.418. The third-order valence-corrected chi connectivity index (χ3v) is 2.26. The molecule has 0 saturated carbocycles. The average molecular weight is 280 g/mol. The van der Waals surface area contributed by atoms with Gasteiger partial charge in [0.15, 0.2) is 5.78 Å². The minimum absolute atomic E-state index is 0.240. The van der Waals surface area contributed by atoms with Gasteiger partial charge in [-0.15, -0.1) is 0 Å². The Kier molecular flexibility index (Phi) is 6.15. The highest BCUT2D eigenvalue weighted by Gasteiger charge is 2.11. The van der Waals surface area contributed by atoms with Crippen molar-refractivity contribution in [3.63, 3.8) is 0 Å². The van der Waals surface area contributed by atoms with Gasteiger partial charge in [-0.25, -0.2) is 9.97 Å². The Morgan fingerprint density at radius 1 is 1.20 bits per heavy atom. The molecule has 7 nitrogen and oxygen atoms in total. The molecule has 0 aliphatic heterocycles. The first-order valence-corrected chi connectivity index (χ1v) is 5.91. The summed E-state index contributed by atoms with van der Waals surface area (Å²) in [6, 6.07) is 0. The van der Waals surface area contributed by atoms with Crippen molar-refractivity contribution in [2.45, 2.75) is 13.3 Å². The standard InChI is InChI=1S/C13H16N2O5/c1-4-20-11(17)7-9(16)5-6-10-12(18-2)14-8-15-13(10)19-3/h5-6,8H,4,7H2,1-3H3. The Hall–Kier alpha value is -2.44. The van der Waals surface area contributed by atoms with Crippen LogP contribution in [0.2, 0.25) is 0 Å². The van der Waals surface area contributed by atoms with Gasteiger partial charge < -0.3 is 14.2 Å². The van der Waals surface area contributed by atoms with Crippen LogP contribution in [0, 0.1) is 0 Å².